The molecule has 1 aliphatic heterocycles. The molecule has 2 amide bonds. The number of hydrogen-bond donors (Lipinski definition) is 2. The molecule has 1 aromatic heterocycles. The molecule has 1 saturated heterocycles. The molecule has 0 radical (unpaired) electrons. The van der Waals surface area contributed by atoms with E-state index in [1.807, 2.05) is 0 Å². The van der Waals surface area contributed by atoms with Crippen molar-refractivity contribution in [1.29, 1.82) is 0 Å². The van der Waals surface area contributed by atoms with E-state index in [0.29, 0.717) is 24.1 Å². The quantitative estimate of drug-likeness (QED) is 0.737. The Kier molecular flexibility index (Phi) is 4.90. The highest BCUT2D eigenvalue weighted by Gasteiger charge is 2.34. The van der Waals surface area contributed by atoms with Gasteiger partial charge in [-0.1, -0.05) is 11.8 Å². The fourth-order valence-electron chi connectivity index (χ4n) is 2.38. The number of nitrogens with one attached hydrogen (secondary N) is 1. The van der Waals surface area contributed by atoms with Crippen LogP contribution in [0.2, 0.25) is 0 Å². The van der Waals surface area contributed by atoms with Gasteiger partial charge in [-0.3, -0.25) is 14.6 Å². The molecule has 21 heavy (non-hydrogen) atoms. The molecule has 0 bridgehead atoms. The van der Waals surface area contributed by atoms with Crippen LogP contribution >= 0.6 is 0 Å². The van der Waals surface area contributed by atoms with Crippen molar-refractivity contribution in [3.8, 4) is 11.8 Å². The topological polar surface area (TPSA) is 82.5 Å². The Balaban J connectivity index is 2.21. The molecular weight excluding hydrogens is 270 g/mol. The van der Waals surface area contributed by atoms with Crippen LogP contribution in [0.15, 0.2) is 18.5 Å². The van der Waals surface area contributed by atoms with Crippen molar-refractivity contribution in [2.24, 2.45) is 0 Å². The van der Waals surface area contributed by atoms with Crippen molar-refractivity contribution in [2.45, 2.75) is 18.9 Å². The first-order valence-corrected chi connectivity index (χ1v) is 6.74. The van der Waals surface area contributed by atoms with Gasteiger partial charge in [-0.2, -0.15) is 0 Å². The Bertz CT molecular complexity index is 604. The minimum absolute atomic E-state index is 0.148. The van der Waals surface area contributed by atoms with Gasteiger partial charge in [0.1, 0.15) is 12.6 Å². The molecule has 2 rings (SSSR count). The number of carbonyl (C=O) groups excluding carboxylic acids is 2. The van der Waals surface area contributed by atoms with Crippen LogP contribution in [0.25, 0.3) is 0 Å². The zero-order valence-electron chi connectivity index (χ0n) is 11.8. The number of pyridine rings is 1. The Morgan fingerprint density at radius 3 is 3.05 bits per heavy atom. The van der Waals surface area contributed by atoms with Gasteiger partial charge in [0.25, 0.3) is 5.91 Å². The van der Waals surface area contributed by atoms with E-state index in [1.54, 1.807) is 18.0 Å². The maximum Gasteiger partial charge on any atom is 0.256 e. The van der Waals surface area contributed by atoms with Crippen molar-refractivity contribution >= 4 is 11.8 Å². The van der Waals surface area contributed by atoms with E-state index >= 15 is 0 Å². The maximum atomic E-state index is 12.5. The van der Waals surface area contributed by atoms with E-state index in [0.717, 1.165) is 6.42 Å². The van der Waals surface area contributed by atoms with Crippen LogP contribution in [0.4, 0.5) is 0 Å². The van der Waals surface area contributed by atoms with Gasteiger partial charge >= 0.3 is 0 Å². The van der Waals surface area contributed by atoms with Crippen LogP contribution in [0.1, 0.15) is 28.8 Å². The predicted octanol–water partition coefficient (Wildman–Crippen LogP) is -0.224. The molecule has 6 heteroatoms. The first kappa shape index (κ1) is 15.0. The van der Waals surface area contributed by atoms with E-state index in [9.17, 15) is 9.59 Å². The summed E-state index contributed by atoms with van der Waals surface area (Å²) in [6, 6.07) is 1.20. The molecular formula is C15H17N3O3. The van der Waals surface area contributed by atoms with Gasteiger partial charge in [0.2, 0.25) is 5.91 Å². The monoisotopic (exact) mass is 287 g/mol. The van der Waals surface area contributed by atoms with E-state index in [1.165, 1.54) is 12.4 Å². The fraction of sp³-hybridized carbons (Fsp3) is 0.400. The molecule has 1 atom stereocenters. The van der Waals surface area contributed by atoms with Crippen LogP contribution in [0, 0.1) is 11.8 Å². The van der Waals surface area contributed by atoms with Crippen molar-refractivity contribution < 1.29 is 14.7 Å². The number of aromatic nitrogens is 1. The summed E-state index contributed by atoms with van der Waals surface area (Å²) in [6.45, 7) is 0.312. The Morgan fingerprint density at radius 1 is 1.52 bits per heavy atom. The standard InChI is InChI=1S/C15H17N3O3/c1-16-14(20)13-5-2-6-18(13)15(21)12-8-11(4-3-7-19)9-17-10-12/h8-10,13,19H,2,5-7H2,1H3,(H,16,20). The van der Waals surface area contributed by atoms with Crippen LogP contribution in [-0.4, -0.2) is 53.0 Å². The Morgan fingerprint density at radius 2 is 2.33 bits per heavy atom. The number of nitrogens with zero attached hydrogens (tertiary/aromatic N) is 2. The highest BCUT2D eigenvalue weighted by atomic mass is 16.2. The average molecular weight is 287 g/mol. The van der Waals surface area contributed by atoms with Crippen LogP contribution in [-0.2, 0) is 4.79 Å². The first-order valence-electron chi connectivity index (χ1n) is 6.74. The number of amides is 2. The minimum atomic E-state index is -0.422. The van der Waals surface area contributed by atoms with E-state index in [4.69, 9.17) is 5.11 Å². The van der Waals surface area contributed by atoms with Gasteiger partial charge in [-0.05, 0) is 18.9 Å². The number of hydrogen-bond acceptors (Lipinski definition) is 4. The van der Waals surface area contributed by atoms with Gasteiger partial charge in [-0.25, -0.2) is 0 Å². The highest BCUT2D eigenvalue weighted by Crippen LogP contribution is 2.20. The molecule has 1 unspecified atom stereocenters. The molecule has 1 aliphatic rings. The third-order valence-corrected chi connectivity index (χ3v) is 3.36. The third kappa shape index (κ3) is 3.38. The zero-order chi connectivity index (χ0) is 15.2. The Labute approximate surface area is 123 Å². The second-order valence-electron chi connectivity index (χ2n) is 4.69. The molecule has 110 valence electrons. The van der Waals surface area contributed by atoms with Gasteiger partial charge in [-0.15, -0.1) is 0 Å². The van der Waals surface area contributed by atoms with Crippen molar-refractivity contribution in [1.82, 2.24) is 15.2 Å². The average Bonchev–Trinajstić information content (AvgIpc) is 3.01. The minimum Gasteiger partial charge on any atom is -0.384 e. The largest absolute Gasteiger partial charge is 0.384 e. The number of likely N-dealkylation sites (N-methyl/N-ethyl adjacent to an activating group) is 1. The summed E-state index contributed by atoms with van der Waals surface area (Å²) >= 11 is 0. The molecule has 0 spiro atoms. The Hall–Kier alpha value is -2.39. The van der Waals surface area contributed by atoms with Crippen LogP contribution in [0.3, 0.4) is 0 Å². The van der Waals surface area contributed by atoms with Gasteiger partial charge in [0.15, 0.2) is 0 Å². The molecule has 0 aliphatic carbocycles. The summed E-state index contributed by atoms with van der Waals surface area (Å²) in [5.74, 6) is 4.86. The molecule has 1 aromatic rings. The number of likely N-dealkylation sites (tertiary alicyclic amines) is 1. The van der Waals surface area contributed by atoms with E-state index in [-0.39, 0.29) is 18.4 Å². The summed E-state index contributed by atoms with van der Waals surface area (Å²) in [4.78, 5) is 29.9. The lowest BCUT2D eigenvalue weighted by atomic mass is 10.1. The van der Waals surface area contributed by atoms with Crippen molar-refractivity contribution in [2.75, 3.05) is 20.2 Å². The van der Waals surface area contributed by atoms with Crippen LogP contribution in [0.5, 0.6) is 0 Å². The highest BCUT2D eigenvalue weighted by molar-refractivity contribution is 5.97. The smallest absolute Gasteiger partial charge is 0.256 e. The summed E-state index contributed by atoms with van der Waals surface area (Å²) < 4.78 is 0. The summed E-state index contributed by atoms with van der Waals surface area (Å²) in [5.41, 5.74) is 0.959. The number of carbonyl (C=O) groups is 2. The van der Waals surface area contributed by atoms with E-state index in [2.05, 4.69) is 22.1 Å². The van der Waals surface area contributed by atoms with Gasteiger partial charge in [0.05, 0.1) is 5.56 Å². The first-order chi connectivity index (χ1) is 10.2. The third-order valence-electron chi connectivity index (χ3n) is 3.36. The SMILES string of the molecule is CNC(=O)C1CCCN1C(=O)c1cncc(C#CCO)c1. The number of aliphatic hydroxyl groups excluding tert-OH is 1. The lowest BCUT2D eigenvalue weighted by Gasteiger charge is -2.23. The van der Waals surface area contributed by atoms with Crippen molar-refractivity contribution in [3.63, 3.8) is 0 Å². The normalized spacial score (nSPS) is 17.0. The zero-order valence-corrected chi connectivity index (χ0v) is 11.8. The van der Waals surface area contributed by atoms with E-state index < -0.39 is 6.04 Å². The molecule has 2 heterocycles. The molecule has 6 nitrogen and oxygen atoms in total. The lowest BCUT2D eigenvalue weighted by Crippen LogP contribution is -2.44. The van der Waals surface area contributed by atoms with Crippen LogP contribution < -0.4 is 5.32 Å². The molecule has 1 fully saturated rings. The summed E-state index contributed by atoms with van der Waals surface area (Å²) in [5, 5.41) is 11.3. The van der Waals surface area contributed by atoms with Crippen molar-refractivity contribution in [3.05, 3.63) is 29.6 Å². The fourth-order valence-corrected chi connectivity index (χ4v) is 2.38. The lowest BCUT2D eigenvalue weighted by molar-refractivity contribution is -0.124. The summed E-state index contributed by atoms with van der Waals surface area (Å²) in [6.07, 6.45) is 4.47. The summed E-state index contributed by atoms with van der Waals surface area (Å²) in [7, 11) is 1.57. The second kappa shape index (κ2) is 6.86. The second-order valence-corrected chi connectivity index (χ2v) is 4.69. The van der Waals surface area contributed by atoms with Gasteiger partial charge in [0, 0.05) is 31.5 Å². The number of rotatable bonds is 2. The molecule has 0 aromatic carbocycles. The van der Waals surface area contributed by atoms with Gasteiger partial charge < -0.3 is 15.3 Å². The molecule has 0 saturated carbocycles. The molecule has 2 N–H and O–H groups in total. The number of aliphatic hydroxyl groups is 1. The maximum absolute atomic E-state index is 12.5. The predicted molar refractivity (Wildman–Crippen MR) is 76.3 cm³/mol.